The maximum Gasteiger partial charge on any atom is -0.00484 e. The minimum Gasteiger partial charge on any atom is -0.102 e. The first kappa shape index (κ1) is 17.2. The first-order chi connectivity index (χ1) is 8.46. The SMILES string of the molecule is C=CC(C)C(CC(=C)CC)=C(CC)CCC(C)C. The van der Waals surface area contributed by atoms with Gasteiger partial charge >= 0.3 is 0 Å². The highest BCUT2D eigenvalue weighted by Gasteiger charge is 2.12. The van der Waals surface area contributed by atoms with Crippen LogP contribution in [0, 0.1) is 11.8 Å². The van der Waals surface area contributed by atoms with E-state index < -0.39 is 0 Å². The largest absolute Gasteiger partial charge is 0.102 e. The van der Waals surface area contributed by atoms with Crippen molar-refractivity contribution < 1.29 is 0 Å². The summed E-state index contributed by atoms with van der Waals surface area (Å²) in [4.78, 5) is 0. The minimum absolute atomic E-state index is 0.482. The molecule has 0 bridgehead atoms. The number of hydrogen-bond donors (Lipinski definition) is 0. The van der Waals surface area contributed by atoms with Crippen LogP contribution in [0.5, 0.6) is 0 Å². The maximum atomic E-state index is 4.17. The molecule has 1 unspecified atom stereocenters. The Kier molecular flexibility index (Phi) is 8.79. The van der Waals surface area contributed by atoms with Gasteiger partial charge in [0.25, 0.3) is 0 Å². The summed E-state index contributed by atoms with van der Waals surface area (Å²) in [7, 11) is 0. The van der Waals surface area contributed by atoms with Gasteiger partial charge in [0.05, 0.1) is 0 Å². The molecule has 0 aromatic carbocycles. The van der Waals surface area contributed by atoms with E-state index in [1.165, 1.54) is 18.4 Å². The molecular formula is C18H32. The van der Waals surface area contributed by atoms with E-state index >= 15 is 0 Å². The predicted molar refractivity (Wildman–Crippen MR) is 84.8 cm³/mol. The lowest BCUT2D eigenvalue weighted by Crippen LogP contribution is -2.03. The van der Waals surface area contributed by atoms with Crippen molar-refractivity contribution >= 4 is 0 Å². The highest BCUT2D eigenvalue weighted by atomic mass is 14.2. The Bertz CT molecular complexity index is 291. The quantitative estimate of drug-likeness (QED) is 0.419. The van der Waals surface area contributed by atoms with E-state index in [1.807, 2.05) is 0 Å². The maximum absolute atomic E-state index is 4.17. The van der Waals surface area contributed by atoms with Crippen LogP contribution in [0.2, 0.25) is 0 Å². The fraction of sp³-hybridized carbons (Fsp3) is 0.667. The summed E-state index contributed by atoms with van der Waals surface area (Å²) in [5.74, 6) is 1.26. The van der Waals surface area contributed by atoms with Crippen LogP contribution in [0.3, 0.4) is 0 Å². The number of rotatable bonds is 9. The molecule has 0 N–H and O–H groups in total. The van der Waals surface area contributed by atoms with Crippen LogP contribution in [0.25, 0.3) is 0 Å². The molecule has 0 heterocycles. The minimum atomic E-state index is 0.482. The molecule has 0 heteroatoms. The van der Waals surface area contributed by atoms with Crippen molar-refractivity contribution in [1.29, 1.82) is 0 Å². The summed E-state index contributed by atoms with van der Waals surface area (Å²) in [6.45, 7) is 19.5. The van der Waals surface area contributed by atoms with E-state index in [9.17, 15) is 0 Å². The Labute approximate surface area is 115 Å². The van der Waals surface area contributed by atoms with E-state index in [0.29, 0.717) is 5.92 Å². The molecule has 104 valence electrons. The molecule has 0 rings (SSSR count). The summed E-state index contributed by atoms with van der Waals surface area (Å²) >= 11 is 0. The van der Waals surface area contributed by atoms with Crippen LogP contribution >= 0.6 is 0 Å². The Morgan fingerprint density at radius 2 is 1.72 bits per heavy atom. The first-order valence-corrected chi connectivity index (χ1v) is 7.46. The van der Waals surface area contributed by atoms with Crippen molar-refractivity contribution in [2.45, 2.75) is 66.7 Å². The standard InChI is InChI=1S/C18H32/c1-8-15(6)13-18(16(7)9-2)17(10-3)12-11-14(4)5/h9,14,16H,2,6,8,10-13H2,1,3-5,7H3. The molecule has 0 aliphatic carbocycles. The smallest absolute Gasteiger partial charge is 0.00484 e. The van der Waals surface area contributed by atoms with Gasteiger partial charge in [-0.1, -0.05) is 64.0 Å². The Morgan fingerprint density at radius 3 is 2.11 bits per heavy atom. The first-order valence-electron chi connectivity index (χ1n) is 7.46. The second kappa shape index (κ2) is 9.19. The number of hydrogen-bond acceptors (Lipinski definition) is 0. The average molecular weight is 248 g/mol. The zero-order chi connectivity index (χ0) is 14.1. The third kappa shape index (κ3) is 6.23. The van der Waals surface area contributed by atoms with Gasteiger partial charge in [0.15, 0.2) is 0 Å². The lowest BCUT2D eigenvalue weighted by Gasteiger charge is -2.20. The summed E-state index contributed by atoms with van der Waals surface area (Å²) in [6.07, 6.45) is 7.90. The Hall–Kier alpha value is -0.780. The highest BCUT2D eigenvalue weighted by Crippen LogP contribution is 2.29. The van der Waals surface area contributed by atoms with E-state index in [-0.39, 0.29) is 0 Å². The molecule has 0 saturated heterocycles. The summed E-state index contributed by atoms with van der Waals surface area (Å²) in [6, 6.07) is 0. The van der Waals surface area contributed by atoms with Gasteiger partial charge in [0.2, 0.25) is 0 Å². The van der Waals surface area contributed by atoms with Gasteiger partial charge in [-0.05, 0) is 43.9 Å². The third-order valence-corrected chi connectivity index (χ3v) is 3.75. The lowest BCUT2D eigenvalue weighted by molar-refractivity contribution is 0.572. The van der Waals surface area contributed by atoms with Gasteiger partial charge in [-0.25, -0.2) is 0 Å². The van der Waals surface area contributed by atoms with E-state index in [1.54, 1.807) is 11.1 Å². The molecule has 0 radical (unpaired) electrons. The van der Waals surface area contributed by atoms with Gasteiger partial charge < -0.3 is 0 Å². The molecule has 0 aliphatic rings. The van der Waals surface area contributed by atoms with E-state index in [2.05, 4.69) is 53.9 Å². The van der Waals surface area contributed by atoms with Crippen LogP contribution in [0.15, 0.2) is 36.0 Å². The molecule has 18 heavy (non-hydrogen) atoms. The molecule has 1 atom stereocenters. The second-order valence-corrected chi connectivity index (χ2v) is 5.72. The average Bonchev–Trinajstić information content (AvgIpc) is 2.36. The summed E-state index contributed by atoms with van der Waals surface area (Å²) in [5.41, 5.74) is 4.54. The van der Waals surface area contributed by atoms with Crippen LogP contribution in [0.1, 0.15) is 66.7 Å². The third-order valence-electron chi connectivity index (χ3n) is 3.75. The summed E-state index contributed by atoms with van der Waals surface area (Å²) < 4.78 is 0. The Balaban J connectivity index is 5.04. The van der Waals surface area contributed by atoms with E-state index in [0.717, 1.165) is 25.2 Å². The molecule has 0 aromatic rings. The molecule has 0 saturated carbocycles. The predicted octanol–water partition coefficient (Wildman–Crippen LogP) is 6.31. The zero-order valence-electron chi connectivity index (χ0n) is 13.2. The van der Waals surface area contributed by atoms with Crippen molar-refractivity contribution in [3.8, 4) is 0 Å². The van der Waals surface area contributed by atoms with Crippen LogP contribution < -0.4 is 0 Å². The van der Waals surface area contributed by atoms with Crippen molar-refractivity contribution in [3.63, 3.8) is 0 Å². The fourth-order valence-corrected chi connectivity index (χ4v) is 2.17. The molecule has 0 amide bonds. The molecule has 0 aromatic heterocycles. The topological polar surface area (TPSA) is 0 Å². The number of allylic oxidation sites excluding steroid dienone is 4. The van der Waals surface area contributed by atoms with Crippen molar-refractivity contribution in [1.82, 2.24) is 0 Å². The van der Waals surface area contributed by atoms with E-state index in [4.69, 9.17) is 0 Å². The van der Waals surface area contributed by atoms with Crippen LogP contribution in [-0.4, -0.2) is 0 Å². The van der Waals surface area contributed by atoms with Gasteiger partial charge in [0.1, 0.15) is 0 Å². The second-order valence-electron chi connectivity index (χ2n) is 5.72. The molecular weight excluding hydrogens is 216 g/mol. The van der Waals surface area contributed by atoms with Gasteiger partial charge in [0, 0.05) is 0 Å². The molecule has 0 aliphatic heterocycles. The van der Waals surface area contributed by atoms with Gasteiger partial charge in [-0.2, -0.15) is 0 Å². The van der Waals surface area contributed by atoms with Crippen LogP contribution in [0.4, 0.5) is 0 Å². The Morgan fingerprint density at radius 1 is 1.11 bits per heavy atom. The van der Waals surface area contributed by atoms with Crippen LogP contribution in [-0.2, 0) is 0 Å². The molecule has 0 fully saturated rings. The monoisotopic (exact) mass is 248 g/mol. The highest BCUT2D eigenvalue weighted by molar-refractivity contribution is 5.25. The fourth-order valence-electron chi connectivity index (χ4n) is 2.17. The normalized spacial score (nSPS) is 14.3. The molecule has 0 spiro atoms. The van der Waals surface area contributed by atoms with Gasteiger partial charge in [-0.15, -0.1) is 6.58 Å². The summed E-state index contributed by atoms with van der Waals surface area (Å²) in [5, 5.41) is 0. The van der Waals surface area contributed by atoms with Crippen molar-refractivity contribution in [2.75, 3.05) is 0 Å². The zero-order valence-corrected chi connectivity index (χ0v) is 13.2. The van der Waals surface area contributed by atoms with Crippen molar-refractivity contribution in [2.24, 2.45) is 11.8 Å². The van der Waals surface area contributed by atoms with Crippen molar-refractivity contribution in [3.05, 3.63) is 36.0 Å². The lowest BCUT2D eigenvalue weighted by atomic mass is 9.86. The molecule has 0 nitrogen and oxygen atoms in total. The van der Waals surface area contributed by atoms with Gasteiger partial charge in [-0.3, -0.25) is 0 Å².